The summed E-state index contributed by atoms with van der Waals surface area (Å²) in [5, 5.41) is 6.70. The molecule has 0 spiro atoms. The molecule has 1 aliphatic heterocycles. The minimum absolute atomic E-state index is 0.0268. The number of rotatable bonds is 4. The van der Waals surface area contributed by atoms with Crippen LogP contribution < -0.4 is 4.90 Å². The van der Waals surface area contributed by atoms with Gasteiger partial charge in [-0.25, -0.2) is 13.6 Å². The average molecular weight is 393 g/mol. The number of hydrogen-bond donors (Lipinski definition) is 1. The fourth-order valence-corrected chi connectivity index (χ4v) is 3.61. The summed E-state index contributed by atoms with van der Waals surface area (Å²) in [6.07, 6.45) is 4.75. The van der Waals surface area contributed by atoms with E-state index in [9.17, 15) is 13.6 Å². The third kappa shape index (κ3) is 3.59. The van der Waals surface area contributed by atoms with Gasteiger partial charge >= 0.3 is 0 Å². The number of aromatic nitrogens is 3. The van der Waals surface area contributed by atoms with Crippen molar-refractivity contribution in [3.05, 3.63) is 71.3 Å². The average Bonchev–Trinajstić information content (AvgIpc) is 3.11. The summed E-state index contributed by atoms with van der Waals surface area (Å²) < 4.78 is 28.9. The Balaban J connectivity index is 1.56. The van der Waals surface area contributed by atoms with Crippen LogP contribution in [0.3, 0.4) is 0 Å². The van der Waals surface area contributed by atoms with Crippen LogP contribution in [-0.4, -0.2) is 27.6 Å². The van der Waals surface area contributed by atoms with Gasteiger partial charge in [0.15, 0.2) is 11.6 Å². The van der Waals surface area contributed by atoms with Crippen molar-refractivity contribution < 1.29 is 13.6 Å². The van der Waals surface area contributed by atoms with Crippen molar-refractivity contribution in [1.82, 2.24) is 15.2 Å². The minimum Gasteiger partial charge on any atom is -0.293 e. The summed E-state index contributed by atoms with van der Waals surface area (Å²) in [5.74, 6) is -1.85. The van der Waals surface area contributed by atoms with Crippen LogP contribution in [0.15, 0.2) is 42.7 Å². The number of aromatic amines is 1. The van der Waals surface area contributed by atoms with Crippen molar-refractivity contribution in [2.75, 3.05) is 11.4 Å². The van der Waals surface area contributed by atoms with Crippen LogP contribution in [0.5, 0.6) is 0 Å². The topological polar surface area (TPSA) is 66.2 Å². The maximum atomic E-state index is 15.0. The molecule has 1 aromatic carbocycles. The third-order valence-electron chi connectivity index (χ3n) is 5.08. The number of pyridine rings is 1. The first kappa shape index (κ1) is 18.7. The molecule has 8 heteroatoms. The Bertz CT molecular complexity index is 1090. The molecule has 3 aromatic rings. The highest BCUT2D eigenvalue weighted by Gasteiger charge is 2.33. The second-order valence-electron chi connectivity index (χ2n) is 6.90. The molecule has 6 nitrogen and oxygen atoms in total. The van der Waals surface area contributed by atoms with Crippen LogP contribution in [-0.2, 0) is 11.2 Å². The Labute approximate surface area is 166 Å². The highest BCUT2D eigenvalue weighted by molar-refractivity contribution is 5.95. The first-order valence-corrected chi connectivity index (χ1v) is 9.20. The van der Waals surface area contributed by atoms with Crippen molar-refractivity contribution in [2.24, 2.45) is 5.92 Å². The van der Waals surface area contributed by atoms with Gasteiger partial charge in [0.05, 0.1) is 6.57 Å². The Hall–Kier alpha value is -3.60. The summed E-state index contributed by atoms with van der Waals surface area (Å²) in [7, 11) is 0. The first-order chi connectivity index (χ1) is 14.1. The molecule has 0 aliphatic carbocycles. The summed E-state index contributed by atoms with van der Waals surface area (Å²) in [4.78, 5) is 21.4. The molecular formula is C21H17F2N5O. The monoisotopic (exact) mass is 393 g/mol. The molecule has 0 saturated carbocycles. The second-order valence-corrected chi connectivity index (χ2v) is 6.90. The summed E-state index contributed by atoms with van der Waals surface area (Å²) in [6, 6.07) is 7.66. The summed E-state index contributed by atoms with van der Waals surface area (Å²) >= 11 is 0. The Morgan fingerprint density at radius 1 is 1.24 bits per heavy atom. The lowest BCUT2D eigenvalue weighted by Crippen LogP contribution is -2.42. The van der Waals surface area contributed by atoms with Crippen molar-refractivity contribution in [1.29, 1.82) is 0 Å². The zero-order chi connectivity index (χ0) is 20.4. The van der Waals surface area contributed by atoms with E-state index in [2.05, 4.69) is 20.0 Å². The van der Waals surface area contributed by atoms with E-state index >= 15 is 0 Å². The molecule has 0 unspecified atom stereocenters. The molecule has 4 rings (SSSR count). The van der Waals surface area contributed by atoms with Crippen molar-refractivity contribution in [3.8, 4) is 11.3 Å². The second kappa shape index (κ2) is 7.80. The molecule has 1 saturated heterocycles. The van der Waals surface area contributed by atoms with E-state index in [0.29, 0.717) is 36.9 Å². The lowest BCUT2D eigenvalue weighted by atomic mass is 9.90. The third-order valence-corrected chi connectivity index (χ3v) is 5.08. The van der Waals surface area contributed by atoms with E-state index < -0.39 is 17.6 Å². The van der Waals surface area contributed by atoms with Crippen molar-refractivity contribution in [2.45, 2.75) is 19.3 Å². The summed E-state index contributed by atoms with van der Waals surface area (Å²) in [6.45, 7) is 7.29. The molecule has 1 amide bonds. The highest BCUT2D eigenvalue weighted by atomic mass is 19.1. The van der Waals surface area contributed by atoms with Gasteiger partial charge in [0.1, 0.15) is 11.5 Å². The van der Waals surface area contributed by atoms with Crippen molar-refractivity contribution in [3.63, 3.8) is 0 Å². The predicted molar refractivity (Wildman–Crippen MR) is 103 cm³/mol. The van der Waals surface area contributed by atoms with Crippen LogP contribution >= 0.6 is 0 Å². The molecule has 1 fully saturated rings. The molecule has 29 heavy (non-hydrogen) atoms. The highest BCUT2D eigenvalue weighted by Crippen LogP contribution is 2.32. The van der Waals surface area contributed by atoms with Gasteiger partial charge < -0.3 is 0 Å². The molecule has 146 valence electrons. The molecule has 1 atom stereocenters. The molecule has 0 radical (unpaired) electrons. The fourth-order valence-electron chi connectivity index (χ4n) is 3.61. The molecule has 1 aliphatic rings. The maximum Gasteiger partial charge on any atom is 0.231 e. The van der Waals surface area contributed by atoms with Gasteiger partial charge in [0.25, 0.3) is 0 Å². The number of H-pyrrole nitrogens is 1. The number of hydrogen-bond acceptors (Lipinski definition) is 3. The number of amides is 1. The van der Waals surface area contributed by atoms with E-state index in [0.717, 1.165) is 0 Å². The zero-order valence-electron chi connectivity index (χ0n) is 15.4. The normalized spacial score (nSPS) is 16.7. The Morgan fingerprint density at radius 3 is 2.76 bits per heavy atom. The Morgan fingerprint density at radius 2 is 2.03 bits per heavy atom. The largest absolute Gasteiger partial charge is 0.293 e. The number of carbonyl (C=O) groups excluding carboxylic acids is 1. The van der Waals surface area contributed by atoms with Gasteiger partial charge in [-0.05, 0) is 43.0 Å². The number of piperidine rings is 1. The Kier molecular flexibility index (Phi) is 5.04. The van der Waals surface area contributed by atoms with Crippen LogP contribution in [0.2, 0.25) is 0 Å². The molecule has 0 bridgehead atoms. The van der Waals surface area contributed by atoms with Gasteiger partial charge in [0.2, 0.25) is 11.6 Å². The number of nitrogens with zero attached hydrogens (tertiary/aromatic N) is 4. The number of halogens is 2. The lowest BCUT2D eigenvalue weighted by Gasteiger charge is -2.30. The molecular weight excluding hydrogens is 376 g/mol. The van der Waals surface area contributed by atoms with Crippen molar-refractivity contribution >= 4 is 17.4 Å². The zero-order valence-corrected chi connectivity index (χ0v) is 15.4. The van der Waals surface area contributed by atoms with E-state index in [1.807, 2.05) is 0 Å². The number of carbonyl (C=O) groups is 1. The predicted octanol–water partition coefficient (Wildman–Crippen LogP) is 4.29. The minimum atomic E-state index is -0.599. The van der Waals surface area contributed by atoms with Gasteiger partial charge in [-0.3, -0.25) is 19.8 Å². The number of benzene rings is 1. The van der Waals surface area contributed by atoms with Gasteiger partial charge in [0, 0.05) is 30.4 Å². The quantitative estimate of drug-likeness (QED) is 0.673. The number of nitrogens with one attached hydrogen (secondary N) is 1. The lowest BCUT2D eigenvalue weighted by molar-refractivity contribution is -0.123. The van der Waals surface area contributed by atoms with Crippen LogP contribution in [0.1, 0.15) is 18.4 Å². The van der Waals surface area contributed by atoms with Crippen LogP contribution in [0, 0.1) is 24.1 Å². The summed E-state index contributed by atoms with van der Waals surface area (Å²) in [5.41, 5.74) is 1.38. The van der Waals surface area contributed by atoms with E-state index in [1.54, 1.807) is 30.6 Å². The maximum absolute atomic E-state index is 15.0. The van der Waals surface area contributed by atoms with E-state index in [4.69, 9.17) is 6.57 Å². The van der Waals surface area contributed by atoms with E-state index in [-0.39, 0.29) is 23.1 Å². The SMILES string of the molecule is [C-]#[N+]c1ccc(C[C@@H]2CCCN(c3n[nH]c(-c4ccncc4)c3F)C2=O)cc1F. The molecule has 2 aromatic heterocycles. The van der Waals surface area contributed by atoms with Gasteiger partial charge in [-0.1, -0.05) is 12.1 Å². The van der Waals surface area contributed by atoms with E-state index in [1.165, 1.54) is 17.0 Å². The van der Waals surface area contributed by atoms with Gasteiger partial charge in [-0.15, -0.1) is 0 Å². The van der Waals surface area contributed by atoms with Crippen LogP contribution in [0.25, 0.3) is 16.1 Å². The standard InChI is InChI=1S/C21H17F2N5O/c1-24-17-5-4-13(12-16(17)22)11-15-3-2-10-28(21(15)29)20-18(23)19(26-27-20)14-6-8-25-9-7-14/h4-9,12,15H,2-3,10-11H2,(H,26,27)/t15-/m0/s1. The molecule has 1 N–H and O–H groups in total. The fraction of sp³-hybridized carbons (Fsp3) is 0.238. The smallest absolute Gasteiger partial charge is 0.231 e. The van der Waals surface area contributed by atoms with Crippen LogP contribution in [0.4, 0.5) is 20.3 Å². The van der Waals surface area contributed by atoms with Gasteiger partial charge in [-0.2, -0.15) is 5.10 Å². The first-order valence-electron chi connectivity index (χ1n) is 9.20. The number of anilines is 1. The molecule has 3 heterocycles.